The molecule has 1 aliphatic heterocycles. The topological polar surface area (TPSA) is 83.1 Å². The van der Waals surface area contributed by atoms with Gasteiger partial charge in [-0.05, 0) is 38.0 Å². The van der Waals surface area contributed by atoms with Gasteiger partial charge >= 0.3 is 5.97 Å². The van der Waals surface area contributed by atoms with Gasteiger partial charge < -0.3 is 19.9 Å². The van der Waals surface area contributed by atoms with Gasteiger partial charge in [-0.1, -0.05) is 17.7 Å². The molecule has 0 saturated carbocycles. The summed E-state index contributed by atoms with van der Waals surface area (Å²) < 4.78 is 5.27. The molecule has 31 heavy (non-hydrogen) atoms. The molecule has 0 unspecified atom stereocenters. The summed E-state index contributed by atoms with van der Waals surface area (Å²) in [5.74, 6) is 0.680. The van der Waals surface area contributed by atoms with E-state index >= 15 is 0 Å². The monoisotopic (exact) mass is 441 g/mol. The van der Waals surface area contributed by atoms with Gasteiger partial charge in [0.1, 0.15) is 5.82 Å². The van der Waals surface area contributed by atoms with Gasteiger partial charge in [-0.2, -0.15) is 0 Å². The number of hydrogen-bond donors (Lipinski definition) is 2. The molecule has 1 aromatic carbocycles. The summed E-state index contributed by atoms with van der Waals surface area (Å²) in [7, 11) is 0. The van der Waals surface area contributed by atoms with Crippen molar-refractivity contribution in [1.29, 1.82) is 0 Å². The molecule has 0 aliphatic carbocycles. The van der Waals surface area contributed by atoms with E-state index in [0.29, 0.717) is 24.7 Å². The quantitative estimate of drug-likeness (QED) is 0.409. The Labute approximate surface area is 187 Å². The maximum Gasteiger partial charge on any atom is 0.310 e. The average molecular weight is 442 g/mol. The first kappa shape index (κ1) is 21.6. The highest BCUT2D eigenvalue weighted by Crippen LogP contribution is 2.29. The van der Waals surface area contributed by atoms with Crippen molar-refractivity contribution in [1.82, 2.24) is 20.3 Å². The van der Waals surface area contributed by atoms with Crippen LogP contribution in [-0.2, 0) is 22.5 Å². The Bertz CT molecular complexity index is 1020. The number of aromatic amines is 1. The van der Waals surface area contributed by atoms with Crippen LogP contribution in [0, 0.1) is 5.92 Å². The molecule has 0 radical (unpaired) electrons. The summed E-state index contributed by atoms with van der Waals surface area (Å²) >= 11 is 6.21. The number of H-pyrrole nitrogens is 1. The van der Waals surface area contributed by atoms with E-state index in [2.05, 4.69) is 26.3 Å². The number of hydrogen-bond acceptors (Lipinski definition) is 6. The van der Waals surface area contributed by atoms with E-state index in [0.717, 1.165) is 60.3 Å². The van der Waals surface area contributed by atoms with Crippen LogP contribution in [0.4, 0.5) is 5.82 Å². The molecule has 8 heteroatoms. The smallest absolute Gasteiger partial charge is 0.310 e. The Morgan fingerprint density at radius 2 is 2.29 bits per heavy atom. The van der Waals surface area contributed by atoms with Crippen LogP contribution in [0.5, 0.6) is 0 Å². The predicted molar refractivity (Wildman–Crippen MR) is 122 cm³/mol. The fraction of sp³-hybridized carbons (Fsp3) is 0.435. The SMILES string of the molecule is CCOC(=O)[C@@H]1CCCN(c2nc3cc(Cl)ccc3cc2CNCCc2cnc[nH]2)C1. The van der Waals surface area contributed by atoms with Gasteiger partial charge in [0.25, 0.3) is 0 Å². The van der Waals surface area contributed by atoms with E-state index in [4.69, 9.17) is 21.3 Å². The van der Waals surface area contributed by atoms with Gasteiger partial charge in [0.2, 0.25) is 0 Å². The number of aromatic nitrogens is 3. The van der Waals surface area contributed by atoms with E-state index in [1.807, 2.05) is 31.3 Å². The normalized spacial score (nSPS) is 16.6. The molecular weight excluding hydrogens is 414 g/mol. The molecular formula is C23H28ClN5O2. The summed E-state index contributed by atoms with van der Waals surface area (Å²) in [5.41, 5.74) is 3.08. The molecule has 2 aromatic heterocycles. The Hall–Kier alpha value is -2.64. The van der Waals surface area contributed by atoms with Crippen LogP contribution >= 0.6 is 11.6 Å². The first-order valence-corrected chi connectivity index (χ1v) is 11.2. The number of rotatable bonds is 8. The van der Waals surface area contributed by atoms with Gasteiger partial charge in [-0.25, -0.2) is 9.97 Å². The summed E-state index contributed by atoms with van der Waals surface area (Å²) in [5, 5.41) is 5.24. The minimum Gasteiger partial charge on any atom is -0.466 e. The molecule has 3 heterocycles. The Balaban J connectivity index is 1.55. The van der Waals surface area contributed by atoms with E-state index in [1.54, 1.807) is 6.33 Å². The second kappa shape index (κ2) is 10.1. The minimum absolute atomic E-state index is 0.115. The zero-order valence-corrected chi connectivity index (χ0v) is 18.5. The van der Waals surface area contributed by atoms with Gasteiger partial charge in [0, 0.05) is 60.5 Å². The summed E-state index contributed by atoms with van der Waals surface area (Å²) in [4.78, 5) is 26.7. The zero-order chi connectivity index (χ0) is 21.6. The lowest BCUT2D eigenvalue weighted by molar-refractivity contribution is -0.148. The van der Waals surface area contributed by atoms with Crippen molar-refractivity contribution < 1.29 is 9.53 Å². The Morgan fingerprint density at radius 3 is 3.10 bits per heavy atom. The van der Waals surface area contributed by atoms with Crippen LogP contribution < -0.4 is 10.2 Å². The van der Waals surface area contributed by atoms with Gasteiger partial charge in [0.05, 0.1) is 24.4 Å². The van der Waals surface area contributed by atoms with Crippen molar-refractivity contribution in [2.75, 3.05) is 31.1 Å². The zero-order valence-electron chi connectivity index (χ0n) is 17.7. The molecule has 164 valence electrons. The number of anilines is 1. The minimum atomic E-state index is -0.119. The van der Waals surface area contributed by atoms with Crippen molar-refractivity contribution in [3.8, 4) is 0 Å². The average Bonchev–Trinajstić information content (AvgIpc) is 3.30. The lowest BCUT2D eigenvalue weighted by Gasteiger charge is -2.33. The van der Waals surface area contributed by atoms with Crippen molar-refractivity contribution in [3.63, 3.8) is 0 Å². The number of carbonyl (C=O) groups is 1. The van der Waals surface area contributed by atoms with E-state index in [-0.39, 0.29) is 11.9 Å². The number of nitrogens with one attached hydrogen (secondary N) is 2. The van der Waals surface area contributed by atoms with Crippen LogP contribution in [0.3, 0.4) is 0 Å². The lowest BCUT2D eigenvalue weighted by atomic mass is 9.97. The summed E-state index contributed by atoms with van der Waals surface area (Å²) in [6.07, 6.45) is 6.21. The highest BCUT2D eigenvalue weighted by atomic mass is 35.5. The van der Waals surface area contributed by atoms with Crippen LogP contribution in [-0.4, -0.2) is 47.2 Å². The number of fused-ring (bicyclic) bond motifs is 1. The molecule has 2 N–H and O–H groups in total. The van der Waals surface area contributed by atoms with E-state index < -0.39 is 0 Å². The highest BCUT2D eigenvalue weighted by Gasteiger charge is 2.28. The molecule has 1 atom stereocenters. The predicted octanol–water partition coefficient (Wildman–Crippen LogP) is 3.72. The maximum atomic E-state index is 12.3. The van der Waals surface area contributed by atoms with Gasteiger partial charge in [-0.15, -0.1) is 0 Å². The molecule has 1 saturated heterocycles. The number of imidazole rings is 1. The molecule has 1 aliphatic rings. The van der Waals surface area contributed by atoms with E-state index in [1.165, 1.54) is 0 Å². The third kappa shape index (κ3) is 5.35. The first-order chi connectivity index (χ1) is 15.1. The molecule has 0 amide bonds. The lowest BCUT2D eigenvalue weighted by Crippen LogP contribution is -2.40. The number of benzene rings is 1. The Morgan fingerprint density at radius 1 is 1.39 bits per heavy atom. The number of carbonyl (C=O) groups excluding carboxylic acids is 1. The van der Waals surface area contributed by atoms with E-state index in [9.17, 15) is 4.79 Å². The second-order valence-corrected chi connectivity index (χ2v) is 8.29. The fourth-order valence-corrected chi connectivity index (χ4v) is 4.23. The van der Waals surface area contributed by atoms with Crippen LogP contribution in [0.25, 0.3) is 10.9 Å². The summed E-state index contributed by atoms with van der Waals surface area (Å²) in [6.45, 7) is 5.27. The molecule has 1 fully saturated rings. The van der Waals surface area contributed by atoms with Crippen molar-refractivity contribution >= 4 is 34.3 Å². The number of halogens is 1. The number of esters is 1. The van der Waals surface area contributed by atoms with Crippen molar-refractivity contribution in [2.45, 2.75) is 32.7 Å². The molecule has 4 rings (SSSR count). The molecule has 0 spiro atoms. The van der Waals surface area contributed by atoms with Crippen molar-refractivity contribution in [3.05, 3.63) is 53.1 Å². The molecule has 3 aromatic rings. The third-order valence-corrected chi connectivity index (χ3v) is 5.85. The number of ether oxygens (including phenoxy) is 1. The van der Waals surface area contributed by atoms with Gasteiger partial charge in [0.15, 0.2) is 0 Å². The Kier molecular flexibility index (Phi) is 7.04. The third-order valence-electron chi connectivity index (χ3n) is 5.62. The fourth-order valence-electron chi connectivity index (χ4n) is 4.07. The highest BCUT2D eigenvalue weighted by molar-refractivity contribution is 6.31. The van der Waals surface area contributed by atoms with Crippen LogP contribution in [0.15, 0.2) is 36.8 Å². The number of piperidine rings is 1. The standard InChI is InChI=1S/C23H28ClN5O2/c1-2-31-23(30)17-4-3-9-29(14-17)22-18(12-25-8-7-20-13-26-15-27-20)10-16-5-6-19(24)11-21(16)28-22/h5-6,10-11,13,15,17,25H,2-4,7-9,12,14H2,1H3,(H,26,27)/t17-/m1/s1. The number of nitrogens with zero attached hydrogens (tertiary/aromatic N) is 3. The van der Waals surface area contributed by atoms with Crippen LogP contribution in [0.2, 0.25) is 5.02 Å². The number of pyridine rings is 1. The summed E-state index contributed by atoms with van der Waals surface area (Å²) in [6, 6.07) is 7.95. The largest absolute Gasteiger partial charge is 0.466 e. The molecule has 7 nitrogen and oxygen atoms in total. The van der Waals surface area contributed by atoms with Crippen molar-refractivity contribution in [2.24, 2.45) is 5.92 Å². The maximum absolute atomic E-state index is 12.3. The van der Waals surface area contributed by atoms with Gasteiger partial charge in [-0.3, -0.25) is 4.79 Å². The second-order valence-electron chi connectivity index (χ2n) is 7.85. The van der Waals surface area contributed by atoms with Crippen LogP contribution in [0.1, 0.15) is 31.0 Å². The first-order valence-electron chi connectivity index (χ1n) is 10.8. The molecule has 0 bridgehead atoms.